The Morgan fingerprint density at radius 1 is 0.676 bits per heavy atom. The normalized spacial score (nSPS) is 13.6. The second-order valence-corrected chi connectivity index (χ2v) is 17.3. The molecule has 0 aliphatic heterocycles. The summed E-state index contributed by atoms with van der Waals surface area (Å²) in [7, 11) is -1.41. The first kappa shape index (κ1) is 23.0. The van der Waals surface area contributed by atoms with Crippen molar-refractivity contribution in [3.05, 3.63) is 107 Å². The van der Waals surface area contributed by atoms with Crippen LogP contribution < -0.4 is 5.19 Å². The van der Waals surface area contributed by atoms with Crippen molar-refractivity contribution in [1.29, 1.82) is 0 Å². The molecule has 0 spiro atoms. The van der Waals surface area contributed by atoms with Gasteiger partial charge in [0.15, 0.2) is 0 Å². The average molecular weight is 558 g/mol. The van der Waals surface area contributed by atoms with E-state index in [2.05, 4.69) is 133 Å². The van der Waals surface area contributed by atoms with E-state index in [0.29, 0.717) is 0 Å². The fraction of sp³-hybridized carbons (Fsp3) is 0.143. The molecule has 0 N–H and O–H groups in total. The first-order valence-corrected chi connectivity index (χ1v) is 17.5. The summed E-state index contributed by atoms with van der Waals surface area (Å²) in [5.74, 6) is 0. The summed E-state index contributed by atoms with van der Waals surface area (Å²) in [6, 6.07) is 32.2. The van der Waals surface area contributed by atoms with Crippen LogP contribution in [0.25, 0.3) is 60.3 Å². The van der Waals surface area contributed by atoms with Crippen molar-refractivity contribution in [2.24, 2.45) is 0 Å². The molecular weight excluding hydrogens is 528 g/mol. The monoisotopic (exact) mass is 556 g/mol. The summed E-state index contributed by atoms with van der Waals surface area (Å²) in [5.41, 5.74) is 5.48. The van der Waals surface area contributed by atoms with Gasteiger partial charge in [-0.2, -0.15) is 0 Å². The second-order valence-electron chi connectivity index (χ2n) is 11.4. The Balaban J connectivity index is 1.61. The number of halogens is 1. The van der Waals surface area contributed by atoms with Crippen LogP contribution in [0.1, 0.15) is 17.5 Å². The van der Waals surface area contributed by atoms with E-state index in [1.807, 2.05) is 0 Å². The minimum Gasteiger partial charge on any atom is -0.0836 e. The Kier molecular flexibility index (Phi) is 5.22. The fourth-order valence-electron chi connectivity index (χ4n) is 6.23. The van der Waals surface area contributed by atoms with E-state index in [4.69, 9.17) is 0 Å². The third-order valence-electron chi connectivity index (χ3n) is 8.10. The largest absolute Gasteiger partial charge is 0.0836 e. The van der Waals surface area contributed by atoms with Gasteiger partial charge >= 0.3 is 0 Å². The lowest BCUT2D eigenvalue weighted by atomic mass is 9.83. The van der Waals surface area contributed by atoms with Crippen molar-refractivity contribution < 1.29 is 0 Å². The minimum absolute atomic E-state index is 1.09. The maximum absolute atomic E-state index is 3.93. The van der Waals surface area contributed by atoms with Gasteiger partial charge in [-0.25, -0.2) is 0 Å². The summed E-state index contributed by atoms with van der Waals surface area (Å²) in [6.07, 6.45) is 6.88. The zero-order valence-corrected chi connectivity index (χ0v) is 24.1. The van der Waals surface area contributed by atoms with Gasteiger partial charge in [-0.15, -0.1) is 0 Å². The predicted molar refractivity (Wildman–Crippen MR) is 170 cm³/mol. The van der Waals surface area contributed by atoms with E-state index in [9.17, 15) is 0 Å². The molecule has 0 unspecified atom stereocenters. The maximum atomic E-state index is 3.93. The van der Waals surface area contributed by atoms with E-state index < -0.39 is 8.07 Å². The zero-order chi connectivity index (χ0) is 25.3. The van der Waals surface area contributed by atoms with Crippen LogP contribution in [0, 0.1) is 0 Å². The maximum Gasteiger partial charge on any atom is 0.0776 e. The molecule has 1 aliphatic rings. The van der Waals surface area contributed by atoms with Crippen LogP contribution in [0.3, 0.4) is 0 Å². The van der Waals surface area contributed by atoms with Gasteiger partial charge < -0.3 is 0 Å². The van der Waals surface area contributed by atoms with Crippen LogP contribution >= 0.6 is 15.9 Å². The molecule has 7 rings (SSSR count). The van der Waals surface area contributed by atoms with E-state index in [0.717, 1.165) is 17.3 Å². The molecular formula is C35H29BrSi. The van der Waals surface area contributed by atoms with Crippen molar-refractivity contribution in [2.75, 3.05) is 0 Å². The molecule has 0 saturated carbocycles. The number of allylic oxidation sites excluding steroid dienone is 1. The summed E-state index contributed by atoms with van der Waals surface area (Å²) in [4.78, 5) is 0. The van der Waals surface area contributed by atoms with E-state index >= 15 is 0 Å². The van der Waals surface area contributed by atoms with Gasteiger partial charge in [-0.3, -0.25) is 0 Å². The topological polar surface area (TPSA) is 0 Å². The molecule has 1 aliphatic carbocycles. The molecule has 0 amide bonds. The molecule has 0 aromatic heterocycles. The van der Waals surface area contributed by atoms with Crippen molar-refractivity contribution in [3.63, 3.8) is 0 Å². The van der Waals surface area contributed by atoms with Crippen LogP contribution in [0.4, 0.5) is 0 Å². The number of benzene rings is 6. The van der Waals surface area contributed by atoms with E-state index in [1.165, 1.54) is 70.5 Å². The molecule has 0 fully saturated rings. The highest BCUT2D eigenvalue weighted by Gasteiger charge is 2.20. The molecule has 0 saturated heterocycles. The fourth-order valence-corrected chi connectivity index (χ4v) is 8.01. The van der Waals surface area contributed by atoms with Crippen LogP contribution in [-0.4, -0.2) is 8.07 Å². The lowest BCUT2D eigenvalue weighted by Crippen LogP contribution is -2.37. The molecule has 0 heterocycles. The smallest absolute Gasteiger partial charge is 0.0776 e. The number of fused-ring (bicyclic) bond motifs is 9. The van der Waals surface area contributed by atoms with Crippen molar-refractivity contribution in [1.82, 2.24) is 0 Å². The van der Waals surface area contributed by atoms with E-state index in [-0.39, 0.29) is 0 Å². The molecule has 0 atom stereocenters. The van der Waals surface area contributed by atoms with Crippen LogP contribution in [0.15, 0.2) is 95.5 Å². The highest BCUT2D eigenvalue weighted by atomic mass is 79.9. The Labute approximate surface area is 227 Å². The first-order chi connectivity index (χ1) is 17.9. The van der Waals surface area contributed by atoms with Crippen molar-refractivity contribution >= 4 is 78.4 Å². The minimum atomic E-state index is -1.41. The molecule has 37 heavy (non-hydrogen) atoms. The van der Waals surface area contributed by atoms with Crippen LogP contribution in [-0.2, 0) is 6.42 Å². The predicted octanol–water partition coefficient (Wildman–Crippen LogP) is 10.2. The molecule has 0 bridgehead atoms. The van der Waals surface area contributed by atoms with Gasteiger partial charge in [-0.1, -0.05) is 120 Å². The highest BCUT2D eigenvalue weighted by Crippen LogP contribution is 2.44. The summed E-state index contributed by atoms with van der Waals surface area (Å²) < 4.78 is 1.16. The molecule has 180 valence electrons. The third kappa shape index (κ3) is 3.61. The van der Waals surface area contributed by atoms with Crippen molar-refractivity contribution in [3.8, 4) is 11.1 Å². The Bertz CT molecular complexity index is 1920. The second kappa shape index (κ2) is 8.41. The standard InChI is InChI=1S/C35H29BrSi/c1-37(2,3)24-16-17-25-22(19-24)18-23(20-34(25)36)32-21-33-28-12-5-4-10-26(28)27-11-6-8-14-30(27)35(33)31-15-9-7-13-29(31)32/h4-7,9-13,15-21H,8,14H2,1-3H3. The molecule has 2 heteroatoms. The van der Waals surface area contributed by atoms with Gasteiger partial charge in [0.25, 0.3) is 0 Å². The summed E-state index contributed by atoms with van der Waals surface area (Å²) in [6.45, 7) is 7.26. The van der Waals surface area contributed by atoms with Crippen LogP contribution in [0.5, 0.6) is 0 Å². The summed E-state index contributed by atoms with van der Waals surface area (Å²) >= 11 is 3.93. The Morgan fingerprint density at radius 2 is 1.41 bits per heavy atom. The van der Waals surface area contributed by atoms with Crippen LogP contribution in [0.2, 0.25) is 19.6 Å². The van der Waals surface area contributed by atoms with Gasteiger partial charge in [0.05, 0.1) is 8.07 Å². The van der Waals surface area contributed by atoms with Crippen molar-refractivity contribution in [2.45, 2.75) is 32.5 Å². The van der Waals surface area contributed by atoms with Gasteiger partial charge in [0.1, 0.15) is 0 Å². The number of rotatable bonds is 2. The molecule has 0 radical (unpaired) electrons. The Morgan fingerprint density at radius 3 is 2.19 bits per heavy atom. The number of aryl methyl sites for hydroxylation is 1. The number of hydrogen-bond donors (Lipinski definition) is 0. The lowest BCUT2D eigenvalue weighted by molar-refractivity contribution is 1.00. The SMILES string of the molecule is C[Si](C)(C)c1ccc2c(Br)cc(-c3cc4c5ccccc5c5c(c4c4ccccc34)CCC=C5)cc2c1. The lowest BCUT2D eigenvalue weighted by Gasteiger charge is -2.21. The highest BCUT2D eigenvalue weighted by molar-refractivity contribution is 9.10. The van der Waals surface area contributed by atoms with Gasteiger partial charge in [-0.05, 0) is 96.4 Å². The average Bonchev–Trinajstić information content (AvgIpc) is 2.91. The Hall–Kier alpha value is -3.20. The van der Waals surface area contributed by atoms with Gasteiger partial charge in [0.2, 0.25) is 0 Å². The zero-order valence-electron chi connectivity index (χ0n) is 21.5. The molecule has 6 aromatic rings. The molecule has 6 aromatic carbocycles. The third-order valence-corrected chi connectivity index (χ3v) is 10.8. The van der Waals surface area contributed by atoms with E-state index in [1.54, 1.807) is 0 Å². The first-order valence-electron chi connectivity index (χ1n) is 13.2. The number of hydrogen-bond acceptors (Lipinski definition) is 0. The summed E-state index contributed by atoms with van der Waals surface area (Å²) in [5, 5.41) is 12.3. The quantitative estimate of drug-likeness (QED) is 0.147. The molecule has 0 nitrogen and oxygen atoms in total. The van der Waals surface area contributed by atoms with Gasteiger partial charge in [0, 0.05) is 4.47 Å².